The summed E-state index contributed by atoms with van der Waals surface area (Å²) in [6, 6.07) is 23.6. The van der Waals surface area contributed by atoms with Crippen LogP contribution in [0, 0.1) is 0 Å². The van der Waals surface area contributed by atoms with Gasteiger partial charge in [-0.25, -0.2) is 4.79 Å². The van der Waals surface area contributed by atoms with Gasteiger partial charge in [0, 0.05) is 5.69 Å². The van der Waals surface area contributed by atoms with Crippen LogP contribution in [-0.2, 0) is 0 Å². The number of fused-ring (bicyclic) bond motifs is 3. The fourth-order valence-electron chi connectivity index (χ4n) is 3.41. The highest BCUT2D eigenvalue weighted by molar-refractivity contribution is 5.89. The van der Waals surface area contributed by atoms with Gasteiger partial charge >= 0.3 is 5.69 Å². The normalized spacial score (nSPS) is 11.4. The molecule has 5 nitrogen and oxygen atoms in total. The lowest BCUT2D eigenvalue weighted by Gasteiger charge is -2.18. The first-order chi connectivity index (χ1) is 12.7. The minimum Gasteiger partial charge on any atom is -0.294 e. The van der Waals surface area contributed by atoms with E-state index < -0.39 is 11.2 Å². The summed E-state index contributed by atoms with van der Waals surface area (Å²) in [5, 5.41) is 3.10. The molecule has 0 amide bonds. The van der Waals surface area contributed by atoms with E-state index in [0.29, 0.717) is 11.4 Å². The van der Waals surface area contributed by atoms with Gasteiger partial charge in [-0.3, -0.25) is 14.3 Å². The van der Waals surface area contributed by atoms with Gasteiger partial charge in [0.25, 0.3) is 5.56 Å². The predicted molar refractivity (Wildman–Crippen MR) is 102 cm³/mol. The Labute approximate surface area is 147 Å². The monoisotopic (exact) mass is 339 g/mol. The molecule has 0 saturated carbocycles. The van der Waals surface area contributed by atoms with Crippen molar-refractivity contribution in [2.75, 3.05) is 0 Å². The molecule has 2 aliphatic rings. The molecule has 0 fully saturated rings. The molecule has 3 aromatic rings. The average Bonchev–Trinajstić information content (AvgIpc) is 2.66. The van der Waals surface area contributed by atoms with Crippen molar-refractivity contribution in [1.82, 2.24) is 14.5 Å². The quantitative estimate of drug-likeness (QED) is 0.476. The third-order valence-electron chi connectivity index (χ3n) is 4.59. The van der Waals surface area contributed by atoms with Crippen LogP contribution in [0.1, 0.15) is 0 Å². The Morgan fingerprint density at radius 1 is 0.769 bits per heavy atom. The molecule has 0 unspecified atom stereocenters. The fourth-order valence-corrected chi connectivity index (χ4v) is 3.41. The number of nitrogens with zero attached hydrogens (tertiary/aromatic N) is 2. The van der Waals surface area contributed by atoms with E-state index in [1.807, 2.05) is 71.3 Å². The molecule has 2 heterocycles. The Kier molecular flexibility index (Phi) is 3.03. The molecule has 0 atom stereocenters. The number of pyridine rings is 1. The Morgan fingerprint density at radius 3 is 2.35 bits per heavy atom. The number of rotatable bonds is 1. The SMILES string of the molecule is O=c1nc2n(-c3ccc4ccccc4c3)c3ccccc3cc-2c(=O)[nH]1. The van der Waals surface area contributed by atoms with Gasteiger partial charge in [-0.1, -0.05) is 48.5 Å². The summed E-state index contributed by atoms with van der Waals surface area (Å²) in [7, 11) is 0. The van der Waals surface area contributed by atoms with Gasteiger partial charge in [0.1, 0.15) is 0 Å². The van der Waals surface area contributed by atoms with E-state index in [1.54, 1.807) is 6.07 Å². The van der Waals surface area contributed by atoms with Crippen molar-refractivity contribution in [2.24, 2.45) is 0 Å². The molecule has 0 saturated heterocycles. The molecule has 5 rings (SSSR count). The average molecular weight is 339 g/mol. The third-order valence-corrected chi connectivity index (χ3v) is 4.59. The highest BCUT2D eigenvalue weighted by Crippen LogP contribution is 2.29. The van der Waals surface area contributed by atoms with Crippen molar-refractivity contribution >= 4 is 21.7 Å². The van der Waals surface area contributed by atoms with Crippen LogP contribution in [0.4, 0.5) is 0 Å². The Bertz CT molecular complexity index is 1380. The molecular formula is C21H13N3O2. The summed E-state index contributed by atoms with van der Waals surface area (Å²) in [6.07, 6.45) is 0. The molecule has 0 bridgehead atoms. The third kappa shape index (κ3) is 2.14. The number of aromatic amines is 1. The van der Waals surface area contributed by atoms with Gasteiger partial charge in [0.15, 0.2) is 5.82 Å². The molecular weight excluding hydrogens is 326 g/mol. The molecule has 0 radical (unpaired) electrons. The van der Waals surface area contributed by atoms with Gasteiger partial charge in [-0.15, -0.1) is 0 Å². The minimum absolute atomic E-state index is 0.354. The van der Waals surface area contributed by atoms with E-state index in [0.717, 1.165) is 27.4 Å². The van der Waals surface area contributed by atoms with Crippen LogP contribution in [0.3, 0.4) is 0 Å². The molecule has 5 heteroatoms. The van der Waals surface area contributed by atoms with Gasteiger partial charge in [-0.2, -0.15) is 4.98 Å². The smallest absolute Gasteiger partial charge is 0.294 e. The first-order valence-electron chi connectivity index (χ1n) is 8.25. The van der Waals surface area contributed by atoms with Gasteiger partial charge in [0.2, 0.25) is 0 Å². The molecule has 0 aliphatic carbocycles. The lowest BCUT2D eigenvalue weighted by atomic mass is 10.1. The van der Waals surface area contributed by atoms with E-state index in [9.17, 15) is 9.59 Å². The van der Waals surface area contributed by atoms with E-state index >= 15 is 0 Å². The standard InChI is InChI=1S/C21H13N3O2/c25-20-17-12-15-7-3-4-8-18(15)24(19(17)22-21(26)23-20)16-10-9-13-5-1-2-6-14(13)11-16/h1-12H,(H,23,25,26). The highest BCUT2D eigenvalue weighted by Gasteiger charge is 2.17. The van der Waals surface area contributed by atoms with Gasteiger partial charge in [-0.05, 0) is 40.4 Å². The first-order valence-corrected chi connectivity index (χ1v) is 8.25. The number of benzene rings is 3. The van der Waals surface area contributed by atoms with Crippen LogP contribution in [0.15, 0.2) is 82.4 Å². The van der Waals surface area contributed by atoms with E-state index in [4.69, 9.17) is 0 Å². The molecule has 2 aliphatic heterocycles. The summed E-state index contributed by atoms with van der Waals surface area (Å²) in [5.74, 6) is 0.354. The zero-order valence-corrected chi connectivity index (χ0v) is 13.6. The van der Waals surface area contributed by atoms with E-state index in [2.05, 4.69) is 9.97 Å². The molecule has 3 aromatic carbocycles. The molecule has 124 valence electrons. The summed E-state index contributed by atoms with van der Waals surface area (Å²) < 4.78 is 1.87. The zero-order chi connectivity index (χ0) is 17.7. The maximum Gasteiger partial charge on any atom is 0.349 e. The Hall–Kier alpha value is -3.73. The number of aromatic nitrogens is 3. The predicted octanol–water partition coefficient (Wildman–Crippen LogP) is 3.33. The summed E-state index contributed by atoms with van der Waals surface area (Å²) in [4.78, 5) is 30.5. The van der Waals surface area contributed by atoms with Crippen LogP contribution in [0.25, 0.3) is 38.8 Å². The maximum atomic E-state index is 12.3. The van der Waals surface area contributed by atoms with Crippen molar-refractivity contribution in [3.63, 3.8) is 0 Å². The first kappa shape index (κ1) is 14.6. The number of hydrogen-bond donors (Lipinski definition) is 1. The van der Waals surface area contributed by atoms with Crippen LogP contribution in [0.5, 0.6) is 0 Å². The maximum absolute atomic E-state index is 12.3. The summed E-state index contributed by atoms with van der Waals surface area (Å²) in [6.45, 7) is 0. The van der Waals surface area contributed by atoms with Gasteiger partial charge in [0.05, 0.1) is 11.1 Å². The molecule has 1 N–H and O–H groups in total. The number of nitrogens with one attached hydrogen (secondary N) is 1. The van der Waals surface area contributed by atoms with E-state index in [-0.39, 0.29) is 0 Å². The van der Waals surface area contributed by atoms with Crippen LogP contribution >= 0.6 is 0 Å². The number of H-pyrrole nitrogens is 1. The van der Waals surface area contributed by atoms with Gasteiger partial charge < -0.3 is 0 Å². The number of hydrogen-bond acceptors (Lipinski definition) is 3. The van der Waals surface area contributed by atoms with Crippen molar-refractivity contribution < 1.29 is 0 Å². The van der Waals surface area contributed by atoms with Crippen LogP contribution < -0.4 is 11.2 Å². The summed E-state index contributed by atoms with van der Waals surface area (Å²) >= 11 is 0. The second kappa shape index (κ2) is 5.39. The zero-order valence-electron chi connectivity index (χ0n) is 13.6. The highest BCUT2D eigenvalue weighted by atomic mass is 16.2. The van der Waals surface area contributed by atoms with Crippen molar-refractivity contribution in [1.29, 1.82) is 0 Å². The topological polar surface area (TPSA) is 67.8 Å². The van der Waals surface area contributed by atoms with Crippen LogP contribution in [-0.4, -0.2) is 14.5 Å². The lowest BCUT2D eigenvalue weighted by molar-refractivity contribution is 0.960. The largest absolute Gasteiger partial charge is 0.349 e. The number of para-hydroxylation sites is 1. The van der Waals surface area contributed by atoms with Crippen molar-refractivity contribution in [3.05, 3.63) is 93.6 Å². The fraction of sp³-hybridized carbons (Fsp3) is 0. The Balaban J connectivity index is 1.98. The second-order valence-corrected chi connectivity index (χ2v) is 6.18. The molecule has 0 spiro atoms. The molecule has 26 heavy (non-hydrogen) atoms. The van der Waals surface area contributed by atoms with Crippen molar-refractivity contribution in [2.45, 2.75) is 0 Å². The Morgan fingerprint density at radius 2 is 1.50 bits per heavy atom. The van der Waals surface area contributed by atoms with Crippen molar-refractivity contribution in [3.8, 4) is 17.1 Å². The summed E-state index contributed by atoms with van der Waals surface area (Å²) in [5.41, 5.74) is 1.04. The lowest BCUT2D eigenvalue weighted by Crippen LogP contribution is -2.27. The molecule has 0 aromatic heterocycles. The van der Waals surface area contributed by atoms with Crippen LogP contribution in [0.2, 0.25) is 0 Å². The minimum atomic E-state index is -0.646. The second-order valence-electron chi connectivity index (χ2n) is 6.18. The van der Waals surface area contributed by atoms with E-state index in [1.165, 1.54) is 0 Å².